The molecule has 1 aromatic rings. The van der Waals surface area contributed by atoms with Gasteiger partial charge in [0, 0.05) is 18.3 Å². The van der Waals surface area contributed by atoms with E-state index in [0.29, 0.717) is 23.9 Å². The molecule has 19 heavy (non-hydrogen) atoms. The monoisotopic (exact) mass is 262 g/mol. The maximum absolute atomic E-state index is 11.7. The number of esters is 1. The summed E-state index contributed by atoms with van der Waals surface area (Å²) in [5.74, 6) is -0.287. The first-order valence-electron chi connectivity index (χ1n) is 7.02. The number of anilines is 1. The third-order valence-corrected chi connectivity index (χ3v) is 3.52. The second-order valence-electron chi connectivity index (χ2n) is 5.05. The molecule has 1 saturated carbocycles. The van der Waals surface area contributed by atoms with Gasteiger partial charge in [0.2, 0.25) is 0 Å². The van der Waals surface area contributed by atoms with Gasteiger partial charge in [-0.05, 0) is 37.1 Å². The van der Waals surface area contributed by atoms with Crippen molar-refractivity contribution in [3.8, 4) is 0 Å². The molecule has 3 N–H and O–H groups in total. The Labute approximate surface area is 114 Å². The van der Waals surface area contributed by atoms with E-state index >= 15 is 0 Å². The molecule has 4 nitrogen and oxygen atoms in total. The van der Waals surface area contributed by atoms with Gasteiger partial charge in [0.05, 0.1) is 5.56 Å². The van der Waals surface area contributed by atoms with Gasteiger partial charge in [0.1, 0.15) is 6.61 Å². The van der Waals surface area contributed by atoms with E-state index in [2.05, 4.69) is 5.32 Å². The minimum absolute atomic E-state index is 0.287. The summed E-state index contributed by atoms with van der Waals surface area (Å²) in [4.78, 5) is 11.7. The fourth-order valence-electron chi connectivity index (χ4n) is 2.42. The molecular formula is C15H22N2O2. The largest absolute Gasteiger partial charge is 0.461 e. The van der Waals surface area contributed by atoms with Crippen LogP contribution in [0.25, 0.3) is 0 Å². The fraction of sp³-hybridized carbons (Fsp3) is 0.533. The second-order valence-corrected chi connectivity index (χ2v) is 5.05. The molecule has 0 saturated heterocycles. The van der Waals surface area contributed by atoms with E-state index < -0.39 is 0 Å². The molecule has 1 aromatic carbocycles. The lowest BCUT2D eigenvalue weighted by atomic mass is 9.96. The van der Waals surface area contributed by atoms with E-state index in [1.807, 2.05) is 0 Å². The third-order valence-electron chi connectivity index (χ3n) is 3.52. The van der Waals surface area contributed by atoms with Crippen molar-refractivity contribution in [1.82, 2.24) is 5.32 Å². The molecule has 0 bridgehead atoms. The Morgan fingerprint density at radius 2 is 1.89 bits per heavy atom. The third kappa shape index (κ3) is 4.56. The van der Waals surface area contributed by atoms with Crippen molar-refractivity contribution in [3.05, 3.63) is 29.8 Å². The summed E-state index contributed by atoms with van der Waals surface area (Å²) in [6.45, 7) is 1.14. The number of nitrogens with one attached hydrogen (secondary N) is 1. The summed E-state index contributed by atoms with van der Waals surface area (Å²) in [6, 6.07) is 7.38. The smallest absolute Gasteiger partial charge is 0.338 e. The van der Waals surface area contributed by atoms with Crippen LogP contribution >= 0.6 is 0 Å². The van der Waals surface area contributed by atoms with Crippen LogP contribution in [0.2, 0.25) is 0 Å². The Bertz CT molecular complexity index is 397. The maximum Gasteiger partial charge on any atom is 0.338 e. The van der Waals surface area contributed by atoms with Crippen molar-refractivity contribution in [1.29, 1.82) is 0 Å². The van der Waals surface area contributed by atoms with Crippen LogP contribution in [0.3, 0.4) is 0 Å². The van der Waals surface area contributed by atoms with Crippen LogP contribution in [0.1, 0.15) is 42.5 Å². The molecule has 0 spiro atoms. The topological polar surface area (TPSA) is 64.4 Å². The van der Waals surface area contributed by atoms with E-state index in [9.17, 15) is 4.79 Å². The second kappa shape index (κ2) is 7.14. The number of ether oxygens (including phenoxy) is 1. The van der Waals surface area contributed by atoms with Gasteiger partial charge < -0.3 is 15.8 Å². The lowest BCUT2D eigenvalue weighted by molar-refractivity contribution is 0.0504. The van der Waals surface area contributed by atoms with Crippen molar-refractivity contribution >= 4 is 11.7 Å². The summed E-state index contributed by atoms with van der Waals surface area (Å²) in [6.07, 6.45) is 6.45. The normalized spacial score (nSPS) is 16.2. The average Bonchev–Trinajstić information content (AvgIpc) is 2.45. The van der Waals surface area contributed by atoms with Gasteiger partial charge in [-0.1, -0.05) is 19.3 Å². The molecule has 1 aliphatic rings. The molecular weight excluding hydrogens is 240 g/mol. The summed E-state index contributed by atoms with van der Waals surface area (Å²) in [5, 5.41) is 3.44. The number of carbonyl (C=O) groups excluding carboxylic acids is 1. The molecule has 104 valence electrons. The van der Waals surface area contributed by atoms with E-state index in [1.165, 1.54) is 32.1 Å². The van der Waals surface area contributed by atoms with Gasteiger partial charge in [-0.3, -0.25) is 0 Å². The Kier molecular flexibility index (Phi) is 5.21. The van der Waals surface area contributed by atoms with E-state index in [0.717, 1.165) is 6.54 Å². The number of carbonyl (C=O) groups is 1. The van der Waals surface area contributed by atoms with Gasteiger partial charge in [0.15, 0.2) is 0 Å². The molecule has 0 heterocycles. The zero-order valence-electron chi connectivity index (χ0n) is 11.2. The Morgan fingerprint density at radius 1 is 1.21 bits per heavy atom. The first-order chi connectivity index (χ1) is 9.25. The van der Waals surface area contributed by atoms with Gasteiger partial charge in [-0.2, -0.15) is 0 Å². The molecule has 1 aliphatic carbocycles. The number of hydrogen-bond acceptors (Lipinski definition) is 4. The van der Waals surface area contributed by atoms with Gasteiger partial charge >= 0.3 is 5.97 Å². The van der Waals surface area contributed by atoms with Crippen molar-refractivity contribution in [2.45, 2.75) is 38.1 Å². The van der Waals surface area contributed by atoms with Crippen LogP contribution < -0.4 is 11.1 Å². The quantitative estimate of drug-likeness (QED) is 0.486. The predicted molar refractivity (Wildman–Crippen MR) is 76.0 cm³/mol. The molecule has 0 unspecified atom stereocenters. The van der Waals surface area contributed by atoms with Gasteiger partial charge in [0.25, 0.3) is 0 Å². The standard InChI is InChI=1S/C15H22N2O2/c16-13-8-6-12(7-9-13)15(18)19-11-10-17-14-4-2-1-3-5-14/h6-9,14,17H,1-5,10-11,16H2. The maximum atomic E-state index is 11.7. The molecule has 4 heteroatoms. The van der Waals surface area contributed by atoms with E-state index in [1.54, 1.807) is 24.3 Å². The minimum Gasteiger partial charge on any atom is -0.461 e. The van der Waals surface area contributed by atoms with Crippen LogP contribution in [-0.2, 0) is 4.74 Å². The van der Waals surface area contributed by atoms with Crippen LogP contribution in [0.5, 0.6) is 0 Å². The highest BCUT2D eigenvalue weighted by atomic mass is 16.5. The number of nitrogens with two attached hydrogens (primary N) is 1. The molecule has 0 amide bonds. The van der Waals surface area contributed by atoms with Crippen LogP contribution in [-0.4, -0.2) is 25.2 Å². The summed E-state index contributed by atoms with van der Waals surface area (Å²) >= 11 is 0. The first-order valence-corrected chi connectivity index (χ1v) is 7.02. The summed E-state index contributed by atoms with van der Waals surface area (Å²) in [5.41, 5.74) is 6.77. The van der Waals surface area contributed by atoms with Crippen molar-refractivity contribution < 1.29 is 9.53 Å². The number of rotatable bonds is 5. The highest BCUT2D eigenvalue weighted by Gasteiger charge is 2.12. The fourth-order valence-corrected chi connectivity index (χ4v) is 2.42. The molecule has 0 radical (unpaired) electrons. The Morgan fingerprint density at radius 3 is 2.58 bits per heavy atom. The van der Waals surface area contributed by atoms with Crippen molar-refractivity contribution in [3.63, 3.8) is 0 Å². The average molecular weight is 262 g/mol. The SMILES string of the molecule is Nc1ccc(C(=O)OCCNC2CCCCC2)cc1. The van der Waals surface area contributed by atoms with Crippen LogP contribution in [0.15, 0.2) is 24.3 Å². The molecule has 0 aromatic heterocycles. The zero-order chi connectivity index (χ0) is 13.5. The number of hydrogen-bond donors (Lipinski definition) is 2. The summed E-state index contributed by atoms with van der Waals surface area (Å²) in [7, 11) is 0. The van der Waals surface area contributed by atoms with Crippen molar-refractivity contribution in [2.75, 3.05) is 18.9 Å². The lowest BCUT2D eigenvalue weighted by Crippen LogP contribution is -2.33. The van der Waals surface area contributed by atoms with Crippen molar-refractivity contribution in [2.24, 2.45) is 0 Å². The van der Waals surface area contributed by atoms with E-state index in [-0.39, 0.29) is 5.97 Å². The lowest BCUT2D eigenvalue weighted by Gasteiger charge is -2.22. The Balaban J connectivity index is 1.64. The minimum atomic E-state index is -0.287. The van der Waals surface area contributed by atoms with Gasteiger partial charge in [-0.25, -0.2) is 4.79 Å². The highest BCUT2D eigenvalue weighted by Crippen LogP contribution is 2.17. The Hall–Kier alpha value is -1.55. The first kappa shape index (κ1) is 13.9. The predicted octanol–water partition coefficient (Wildman–Crippen LogP) is 2.35. The van der Waals surface area contributed by atoms with E-state index in [4.69, 9.17) is 10.5 Å². The van der Waals surface area contributed by atoms with Crippen LogP contribution in [0.4, 0.5) is 5.69 Å². The molecule has 2 rings (SSSR count). The summed E-state index contributed by atoms with van der Waals surface area (Å²) < 4.78 is 5.22. The number of nitrogen functional groups attached to an aromatic ring is 1. The highest BCUT2D eigenvalue weighted by molar-refractivity contribution is 5.89. The molecule has 1 fully saturated rings. The zero-order valence-corrected chi connectivity index (χ0v) is 11.2. The number of benzene rings is 1. The van der Waals surface area contributed by atoms with Crippen LogP contribution in [0, 0.1) is 0 Å². The van der Waals surface area contributed by atoms with Gasteiger partial charge in [-0.15, -0.1) is 0 Å². The molecule has 0 atom stereocenters. The molecule has 0 aliphatic heterocycles.